The molecule has 2 aromatic carbocycles. The lowest BCUT2D eigenvalue weighted by atomic mass is 10.0. The zero-order chi connectivity index (χ0) is 20.1. The summed E-state index contributed by atoms with van der Waals surface area (Å²) in [6.07, 6.45) is 0.0856. The molecule has 1 N–H and O–H groups in total. The second-order valence-corrected chi connectivity index (χ2v) is 6.67. The Kier molecular flexibility index (Phi) is 6.36. The van der Waals surface area contributed by atoms with E-state index in [1.807, 2.05) is 0 Å². The number of aryl methyl sites for hydroxylation is 1. The maximum Gasteiger partial charge on any atom is 0.254 e. The summed E-state index contributed by atoms with van der Waals surface area (Å²) in [6, 6.07) is 8.34. The number of halogens is 2. The van der Waals surface area contributed by atoms with E-state index in [0.29, 0.717) is 43.1 Å². The smallest absolute Gasteiger partial charge is 0.254 e. The standard InChI is InChI=1S/C21H22F2N2O3/c1-14-17(21(27)25-9-11-28-12-10-25)3-2-4-19(14)24-20(26)8-5-15-13-16(22)6-7-18(15)23/h2-4,6-7,13H,5,8-12H2,1H3,(H,24,26). The second-order valence-electron chi connectivity index (χ2n) is 6.67. The molecule has 0 aromatic heterocycles. The van der Waals surface area contributed by atoms with E-state index >= 15 is 0 Å². The van der Waals surface area contributed by atoms with Gasteiger partial charge in [-0.2, -0.15) is 0 Å². The Morgan fingerprint density at radius 2 is 1.89 bits per heavy atom. The lowest BCUT2D eigenvalue weighted by molar-refractivity contribution is -0.116. The Morgan fingerprint density at radius 1 is 1.14 bits per heavy atom. The van der Waals surface area contributed by atoms with E-state index in [9.17, 15) is 18.4 Å². The third-order valence-corrected chi connectivity index (χ3v) is 4.77. The molecular formula is C21H22F2N2O3. The highest BCUT2D eigenvalue weighted by Crippen LogP contribution is 2.21. The minimum Gasteiger partial charge on any atom is -0.378 e. The first-order valence-corrected chi connectivity index (χ1v) is 9.16. The van der Waals surface area contributed by atoms with Gasteiger partial charge in [-0.05, 0) is 54.8 Å². The number of carbonyl (C=O) groups is 2. The quantitative estimate of drug-likeness (QED) is 0.855. The van der Waals surface area contributed by atoms with Gasteiger partial charge in [-0.1, -0.05) is 6.07 Å². The molecule has 3 rings (SSSR count). The van der Waals surface area contributed by atoms with Crippen LogP contribution in [-0.4, -0.2) is 43.0 Å². The fraction of sp³-hybridized carbons (Fsp3) is 0.333. The Hall–Kier alpha value is -2.80. The average Bonchev–Trinajstić information content (AvgIpc) is 2.70. The summed E-state index contributed by atoms with van der Waals surface area (Å²) in [5.41, 5.74) is 1.88. The zero-order valence-corrected chi connectivity index (χ0v) is 15.6. The molecule has 1 saturated heterocycles. The number of ether oxygens (including phenoxy) is 1. The molecule has 0 aliphatic carbocycles. The number of hydrogen-bond acceptors (Lipinski definition) is 3. The van der Waals surface area contributed by atoms with Gasteiger partial charge in [0.2, 0.25) is 5.91 Å². The van der Waals surface area contributed by atoms with E-state index in [0.717, 1.165) is 18.2 Å². The SMILES string of the molecule is Cc1c(NC(=O)CCc2cc(F)ccc2F)cccc1C(=O)N1CCOCC1. The monoisotopic (exact) mass is 388 g/mol. The van der Waals surface area contributed by atoms with Gasteiger partial charge in [-0.15, -0.1) is 0 Å². The molecule has 1 aliphatic rings. The van der Waals surface area contributed by atoms with Gasteiger partial charge in [0.1, 0.15) is 11.6 Å². The van der Waals surface area contributed by atoms with Crippen LogP contribution in [0.4, 0.5) is 14.5 Å². The van der Waals surface area contributed by atoms with Gasteiger partial charge >= 0.3 is 0 Å². The molecule has 0 bridgehead atoms. The van der Waals surface area contributed by atoms with Crippen molar-refractivity contribution in [1.29, 1.82) is 0 Å². The minimum absolute atomic E-state index is 0.00144. The van der Waals surface area contributed by atoms with Crippen molar-refractivity contribution < 1.29 is 23.1 Å². The summed E-state index contributed by atoms with van der Waals surface area (Å²) in [7, 11) is 0. The van der Waals surface area contributed by atoms with Crippen LogP contribution >= 0.6 is 0 Å². The molecule has 0 spiro atoms. The zero-order valence-electron chi connectivity index (χ0n) is 15.6. The highest BCUT2D eigenvalue weighted by molar-refractivity contribution is 5.99. The second kappa shape index (κ2) is 8.93. The number of morpholine rings is 1. The molecule has 1 heterocycles. The number of rotatable bonds is 5. The third-order valence-electron chi connectivity index (χ3n) is 4.77. The summed E-state index contributed by atoms with van der Waals surface area (Å²) in [6.45, 7) is 3.87. The molecule has 148 valence electrons. The molecule has 28 heavy (non-hydrogen) atoms. The first kappa shape index (κ1) is 19.9. The van der Waals surface area contributed by atoms with Gasteiger partial charge in [0, 0.05) is 30.8 Å². The number of nitrogens with zero attached hydrogens (tertiary/aromatic N) is 1. The van der Waals surface area contributed by atoms with Crippen LogP contribution in [-0.2, 0) is 16.0 Å². The fourth-order valence-electron chi connectivity index (χ4n) is 3.14. The Morgan fingerprint density at radius 3 is 2.64 bits per heavy atom. The van der Waals surface area contributed by atoms with Crippen LogP contribution in [0.5, 0.6) is 0 Å². The first-order valence-electron chi connectivity index (χ1n) is 9.16. The maximum atomic E-state index is 13.7. The van der Waals surface area contributed by atoms with Gasteiger partial charge in [0.25, 0.3) is 5.91 Å². The van der Waals surface area contributed by atoms with Crippen molar-refractivity contribution in [3.8, 4) is 0 Å². The third kappa shape index (κ3) is 4.72. The number of anilines is 1. The summed E-state index contributed by atoms with van der Waals surface area (Å²) in [5.74, 6) is -1.51. The van der Waals surface area contributed by atoms with E-state index in [4.69, 9.17) is 4.74 Å². The molecule has 1 fully saturated rings. The van der Waals surface area contributed by atoms with Gasteiger partial charge in [-0.3, -0.25) is 9.59 Å². The van der Waals surface area contributed by atoms with Crippen LogP contribution in [0.15, 0.2) is 36.4 Å². The lowest BCUT2D eigenvalue weighted by Gasteiger charge is -2.27. The average molecular weight is 388 g/mol. The van der Waals surface area contributed by atoms with Gasteiger partial charge < -0.3 is 15.0 Å². The highest BCUT2D eigenvalue weighted by Gasteiger charge is 2.21. The molecular weight excluding hydrogens is 366 g/mol. The van der Waals surface area contributed by atoms with Gasteiger partial charge in [-0.25, -0.2) is 8.78 Å². The predicted octanol–water partition coefficient (Wildman–Crippen LogP) is 3.32. The van der Waals surface area contributed by atoms with E-state index in [1.54, 1.807) is 30.0 Å². The van der Waals surface area contributed by atoms with Crippen LogP contribution < -0.4 is 5.32 Å². The Bertz CT molecular complexity index is 880. The molecule has 0 unspecified atom stereocenters. The summed E-state index contributed by atoms with van der Waals surface area (Å²) < 4.78 is 32.2. The topological polar surface area (TPSA) is 58.6 Å². The Labute approximate surface area is 162 Å². The minimum atomic E-state index is -0.540. The van der Waals surface area contributed by atoms with Crippen LogP contribution in [0.3, 0.4) is 0 Å². The lowest BCUT2D eigenvalue weighted by Crippen LogP contribution is -2.41. The van der Waals surface area contributed by atoms with E-state index < -0.39 is 11.6 Å². The molecule has 2 amide bonds. The normalized spacial score (nSPS) is 14.0. The molecule has 0 radical (unpaired) electrons. The van der Waals surface area contributed by atoms with E-state index in [-0.39, 0.29) is 30.2 Å². The Balaban J connectivity index is 1.66. The maximum absolute atomic E-state index is 13.7. The molecule has 0 atom stereocenters. The van der Waals surface area contributed by atoms with Gasteiger partial charge in [0.15, 0.2) is 0 Å². The van der Waals surface area contributed by atoms with Crippen molar-refractivity contribution in [2.45, 2.75) is 19.8 Å². The van der Waals surface area contributed by atoms with Crippen molar-refractivity contribution in [2.24, 2.45) is 0 Å². The molecule has 7 heteroatoms. The molecule has 5 nitrogen and oxygen atoms in total. The van der Waals surface area contributed by atoms with Crippen LogP contribution in [0, 0.1) is 18.6 Å². The van der Waals surface area contributed by atoms with E-state index in [2.05, 4.69) is 5.32 Å². The number of hydrogen-bond donors (Lipinski definition) is 1. The van der Waals surface area contributed by atoms with Crippen molar-refractivity contribution in [3.05, 3.63) is 64.7 Å². The van der Waals surface area contributed by atoms with Crippen molar-refractivity contribution in [3.63, 3.8) is 0 Å². The fourth-order valence-corrected chi connectivity index (χ4v) is 3.14. The summed E-state index contributed by atoms with van der Waals surface area (Å²) in [5, 5.41) is 2.76. The van der Waals surface area contributed by atoms with Crippen molar-refractivity contribution >= 4 is 17.5 Å². The predicted molar refractivity (Wildman–Crippen MR) is 101 cm³/mol. The highest BCUT2D eigenvalue weighted by atomic mass is 19.1. The van der Waals surface area contributed by atoms with Gasteiger partial charge in [0.05, 0.1) is 13.2 Å². The van der Waals surface area contributed by atoms with Crippen LogP contribution in [0.2, 0.25) is 0 Å². The molecule has 2 aromatic rings. The first-order chi connectivity index (χ1) is 13.5. The van der Waals surface area contributed by atoms with E-state index in [1.165, 1.54) is 0 Å². The number of benzene rings is 2. The number of carbonyl (C=O) groups excluding carboxylic acids is 2. The summed E-state index contributed by atoms with van der Waals surface area (Å²) >= 11 is 0. The van der Waals surface area contributed by atoms with Crippen molar-refractivity contribution in [1.82, 2.24) is 4.90 Å². The summed E-state index contributed by atoms with van der Waals surface area (Å²) in [4.78, 5) is 26.7. The molecule has 0 saturated carbocycles. The number of nitrogens with one attached hydrogen (secondary N) is 1. The number of amides is 2. The van der Waals surface area contributed by atoms with Crippen LogP contribution in [0.25, 0.3) is 0 Å². The van der Waals surface area contributed by atoms with Crippen LogP contribution in [0.1, 0.15) is 27.9 Å². The largest absolute Gasteiger partial charge is 0.378 e. The van der Waals surface area contributed by atoms with Crippen molar-refractivity contribution in [2.75, 3.05) is 31.6 Å². The molecule has 1 aliphatic heterocycles.